The summed E-state index contributed by atoms with van der Waals surface area (Å²) < 4.78 is 0. The van der Waals surface area contributed by atoms with Crippen LogP contribution in [0.2, 0.25) is 0 Å². The average Bonchev–Trinajstić information content (AvgIpc) is 2.38. The molecule has 0 aromatic heterocycles. The van der Waals surface area contributed by atoms with Gasteiger partial charge in [-0.3, -0.25) is 0 Å². The van der Waals surface area contributed by atoms with Gasteiger partial charge in [-0.15, -0.1) is 13.2 Å². The molecule has 0 bridgehead atoms. The summed E-state index contributed by atoms with van der Waals surface area (Å²) in [5.74, 6) is -2.91. The Labute approximate surface area is 117 Å². The van der Waals surface area contributed by atoms with Crippen molar-refractivity contribution in [3.63, 3.8) is 0 Å². The van der Waals surface area contributed by atoms with Gasteiger partial charge in [-0.2, -0.15) is 0 Å². The maximum atomic E-state index is 11.2. The maximum absolute atomic E-state index is 11.2. The van der Waals surface area contributed by atoms with E-state index >= 15 is 0 Å². The molecule has 0 aliphatic rings. The van der Waals surface area contributed by atoms with Crippen LogP contribution in [0.4, 0.5) is 0 Å². The maximum Gasteiger partial charge on any atom is 0.343 e. The van der Waals surface area contributed by atoms with Crippen molar-refractivity contribution >= 4 is 17.5 Å². The van der Waals surface area contributed by atoms with E-state index in [1.54, 1.807) is 18.2 Å². The summed E-state index contributed by atoms with van der Waals surface area (Å²) in [5, 5.41) is 18.3. The van der Waals surface area contributed by atoms with E-state index in [1.807, 2.05) is 12.1 Å². The first kappa shape index (κ1) is 15.4. The molecule has 0 atom stereocenters. The Balaban J connectivity index is 3.59. The zero-order chi connectivity index (χ0) is 15.1. The normalized spacial score (nSPS) is 9.60. The molecular weight excluding hydrogens is 256 g/mol. The summed E-state index contributed by atoms with van der Waals surface area (Å²) in [6, 6.07) is 7.09. The van der Waals surface area contributed by atoms with Crippen molar-refractivity contribution in [1.29, 1.82) is 0 Å². The van der Waals surface area contributed by atoms with Crippen LogP contribution in [0.5, 0.6) is 0 Å². The van der Waals surface area contributed by atoms with E-state index in [4.69, 9.17) is 10.2 Å². The van der Waals surface area contributed by atoms with Crippen LogP contribution < -0.4 is 0 Å². The second-order valence-electron chi connectivity index (χ2n) is 4.11. The van der Waals surface area contributed by atoms with E-state index in [9.17, 15) is 9.59 Å². The number of aliphatic carboxylic acids is 2. The van der Waals surface area contributed by atoms with E-state index in [0.717, 1.165) is 5.56 Å². The molecule has 20 heavy (non-hydrogen) atoms. The van der Waals surface area contributed by atoms with Crippen molar-refractivity contribution in [2.75, 3.05) is 0 Å². The third-order valence-corrected chi connectivity index (χ3v) is 2.78. The van der Waals surface area contributed by atoms with Crippen LogP contribution in [-0.2, 0) is 16.0 Å². The lowest BCUT2D eigenvalue weighted by Crippen LogP contribution is -2.14. The molecule has 1 aromatic carbocycles. The van der Waals surface area contributed by atoms with Crippen molar-refractivity contribution in [1.82, 2.24) is 0 Å². The van der Waals surface area contributed by atoms with Crippen LogP contribution in [0.1, 0.15) is 17.5 Å². The Kier molecular flexibility index (Phi) is 5.47. The highest BCUT2D eigenvalue weighted by Crippen LogP contribution is 2.27. The molecule has 4 heteroatoms. The topological polar surface area (TPSA) is 74.6 Å². The highest BCUT2D eigenvalue weighted by atomic mass is 16.4. The van der Waals surface area contributed by atoms with E-state index in [-0.39, 0.29) is 12.0 Å². The summed E-state index contributed by atoms with van der Waals surface area (Å²) in [7, 11) is 0. The van der Waals surface area contributed by atoms with E-state index < -0.39 is 17.5 Å². The lowest BCUT2D eigenvalue weighted by Gasteiger charge is -2.12. The Morgan fingerprint density at radius 3 is 2.15 bits per heavy atom. The molecule has 0 fully saturated rings. The number of allylic oxidation sites excluding steroid dienone is 3. The van der Waals surface area contributed by atoms with Crippen molar-refractivity contribution in [2.45, 2.75) is 12.8 Å². The van der Waals surface area contributed by atoms with Gasteiger partial charge in [0.05, 0.1) is 0 Å². The van der Waals surface area contributed by atoms with E-state index in [0.29, 0.717) is 12.0 Å². The van der Waals surface area contributed by atoms with Gasteiger partial charge in [-0.25, -0.2) is 9.59 Å². The summed E-state index contributed by atoms with van der Waals surface area (Å²) in [6.07, 6.45) is 3.88. The van der Waals surface area contributed by atoms with Gasteiger partial charge in [-0.05, 0) is 29.5 Å². The quantitative estimate of drug-likeness (QED) is 0.346. The predicted molar refractivity (Wildman–Crippen MR) is 77.3 cm³/mol. The van der Waals surface area contributed by atoms with Crippen LogP contribution in [0.3, 0.4) is 0 Å². The van der Waals surface area contributed by atoms with Gasteiger partial charge >= 0.3 is 11.9 Å². The zero-order valence-corrected chi connectivity index (χ0v) is 11.0. The number of carboxylic acid groups (broad SMARTS) is 2. The lowest BCUT2D eigenvalue weighted by atomic mass is 9.91. The summed E-state index contributed by atoms with van der Waals surface area (Å²) in [6.45, 7) is 7.21. The monoisotopic (exact) mass is 272 g/mol. The Hall–Kier alpha value is -2.62. The molecule has 1 rings (SSSR count). The first-order valence-electron chi connectivity index (χ1n) is 6.02. The van der Waals surface area contributed by atoms with E-state index in [1.165, 1.54) is 6.08 Å². The first-order chi connectivity index (χ1) is 9.52. The lowest BCUT2D eigenvalue weighted by molar-refractivity contribution is -0.140. The molecule has 0 aliphatic carbocycles. The van der Waals surface area contributed by atoms with Crippen molar-refractivity contribution in [3.05, 3.63) is 66.3 Å². The van der Waals surface area contributed by atoms with Gasteiger partial charge < -0.3 is 10.2 Å². The molecule has 104 valence electrons. The van der Waals surface area contributed by atoms with Gasteiger partial charge in [0.1, 0.15) is 5.57 Å². The fraction of sp³-hybridized carbons (Fsp3) is 0.125. The van der Waals surface area contributed by atoms with Gasteiger partial charge in [0.15, 0.2) is 0 Å². The van der Waals surface area contributed by atoms with Crippen molar-refractivity contribution in [3.8, 4) is 0 Å². The molecule has 0 heterocycles. The Bertz CT molecular complexity index is 566. The van der Waals surface area contributed by atoms with Gasteiger partial charge in [0.25, 0.3) is 0 Å². The third-order valence-electron chi connectivity index (χ3n) is 2.78. The fourth-order valence-corrected chi connectivity index (χ4v) is 1.99. The van der Waals surface area contributed by atoms with Crippen LogP contribution >= 0.6 is 0 Å². The molecule has 0 unspecified atom stereocenters. The van der Waals surface area contributed by atoms with Crippen LogP contribution in [0, 0.1) is 0 Å². The second kappa shape index (κ2) is 7.09. The van der Waals surface area contributed by atoms with Gasteiger partial charge in [-0.1, -0.05) is 36.4 Å². The van der Waals surface area contributed by atoms with Gasteiger partial charge in [0.2, 0.25) is 0 Å². The molecule has 0 radical (unpaired) electrons. The second-order valence-corrected chi connectivity index (χ2v) is 4.11. The first-order valence-corrected chi connectivity index (χ1v) is 6.02. The van der Waals surface area contributed by atoms with Gasteiger partial charge in [0, 0.05) is 0 Å². The molecule has 4 nitrogen and oxygen atoms in total. The number of rotatable bonds is 7. The number of carboxylic acids is 2. The molecule has 0 saturated heterocycles. The number of hydrogen-bond donors (Lipinski definition) is 2. The number of benzene rings is 1. The molecular formula is C16H16O4. The molecule has 0 spiro atoms. The van der Waals surface area contributed by atoms with E-state index in [2.05, 4.69) is 13.2 Å². The van der Waals surface area contributed by atoms with Crippen LogP contribution in [0.25, 0.3) is 5.57 Å². The molecule has 2 N–H and O–H groups in total. The minimum Gasteiger partial charge on any atom is -0.477 e. The smallest absolute Gasteiger partial charge is 0.343 e. The highest BCUT2D eigenvalue weighted by molar-refractivity contribution is 6.18. The summed E-state index contributed by atoms with van der Waals surface area (Å²) in [5.41, 5.74) is 1.06. The largest absolute Gasteiger partial charge is 0.477 e. The van der Waals surface area contributed by atoms with Crippen LogP contribution in [0.15, 0.2) is 55.1 Å². The Morgan fingerprint density at radius 1 is 1.05 bits per heavy atom. The number of hydrogen-bond acceptors (Lipinski definition) is 2. The SMILES string of the molecule is C=CCC(=C(C(=O)O)C(=O)O)c1ccccc1CC=C. The van der Waals surface area contributed by atoms with Crippen LogP contribution in [-0.4, -0.2) is 22.2 Å². The highest BCUT2D eigenvalue weighted by Gasteiger charge is 2.23. The van der Waals surface area contributed by atoms with Crippen molar-refractivity contribution < 1.29 is 19.8 Å². The zero-order valence-electron chi connectivity index (χ0n) is 11.0. The fourth-order valence-electron chi connectivity index (χ4n) is 1.99. The summed E-state index contributed by atoms with van der Waals surface area (Å²) >= 11 is 0. The molecule has 0 amide bonds. The third kappa shape index (κ3) is 3.45. The number of carbonyl (C=O) groups is 2. The minimum atomic E-state index is -1.46. The Morgan fingerprint density at radius 2 is 1.65 bits per heavy atom. The summed E-state index contributed by atoms with van der Waals surface area (Å²) in [4.78, 5) is 22.4. The standard InChI is InChI=1S/C16H16O4/c1-3-7-11-9-5-6-10-12(11)13(8-4-2)14(15(17)18)16(19)20/h3-6,9-10H,1-2,7-8H2,(H,17,18)(H,19,20). The molecule has 1 aromatic rings. The average molecular weight is 272 g/mol. The minimum absolute atomic E-state index is 0.169. The predicted octanol–water partition coefficient (Wildman–Crippen LogP) is 2.91. The van der Waals surface area contributed by atoms with Crippen molar-refractivity contribution in [2.24, 2.45) is 0 Å². The molecule has 0 aliphatic heterocycles. The molecule has 0 saturated carbocycles.